The lowest BCUT2D eigenvalue weighted by Crippen LogP contribution is -2.06. The van der Waals surface area contributed by atoms with Crippen LogP contribution in [-0.2, 0) is 6.18 Å². The molecule has 1 rings (SSSR count). The highest BCUT2D eigenvalue weighted by Crippen LogP contribution is 2.30. The van der Waals surface area contributed by atoms with Gasteiger partial charge in [-0.1, -0.05) is 0 Å². The maximum Gasteiger partial charge on any atom is 0.417 e. The number of halogens is 3. The number of ether oxygens (including phenoxy) is 1. The van der Waals surface area contributed by atoms with E-state index in [9.17, 15) is 13.2 Å². The van der Waals surface area contributed by atoms with E-state index in [0.717, 1.165) is 6.07 Å². The molecule has 1 heterocycles. The lowest BCUT2D eigenvalue weighted by Gasteiger charge is -2.08. The quantitative estimate of drug-likeness (QED) is 0.688. The molecular weight excluding hydrogens is 221 g/mol. The molecule has 6 heteroatoms. The number of rotatable bonds is 1. The molecule has 0 aromatic carbocycles. The number of alkyl halides is 3. The second kappa shape index (κ2) is 4.54. The summed E-state index contributed by atoms with van der Waals surface area (Å²) in [6, 6.07) is 2.29. The summed E-state index contributed by atoms with van der Waals surface area (Å²) >= 11 is 0. The van der Waals surface area contributed by atoms with Crippen molar-refractivity contribution in [3.63, 3.8) is 0 Å². The molecule has 3 nitrogen and oxygen atoms in total. The minimum absolute atomic E-state index is 0.0456. The predicted octanol–water partition coefficient (Wildman–Crippen LogP) is 1.98. The molecule has 0 unspecified atom stereocenters. The summed E-state index contributed by atoms with van der Waals surface area (Å²) in [5.41, 5.74) is -1.01. The van der Waals surface area contributed by atoms with E-state index in [4.69, 9.17) is 10.00 Å². The van der Waals surface area contributed by atoms with E-state index in [1.54, 1.807) is 0 Å². The first-order chi connectivity index (χ1) is 7.49. The molecule has 0 bridgehead atoms. The zero-order chi connectivity index (χ0) is 12.2. The lowest BCUT2D eigenvalue weighted by molar-refractivity contribution is -0.137. The molecule has 0 aliphatic rings. The van der Waals surface area contributed by atoms with Gasteiger partial charge in [0.05, 0.1) is 18.2 Å². The Bertz CT molecular complexity index is 492. The van der Waals surface area contributed by atoms with Gasteiger partial charge in [-0.3, -0.25) is 0 Å². The number of nitriles is 1. The molecular formula is C10H5F3N2O. The highest BCUT2D eigenvalue weighted by molar-refractivity contribution is 5.46. The van der Waals surface area contributed by atoms with E-state index < -0.39 is 11.7 Å². The lowest BCUT2D eigenvalue weighted by atomic mass is 10.2. The Labute approximate surface area is 89.5 Å². The molecule has 0 aliphatic carbocycles. The van der Waals surface area contributed by atoms with Gasteiger partial charge in [0.15, 0.2) is 6.07 Å². The summed E-state index contributed by atoms with van der Waals surface area (Å²) in [6.45, 7) is 0. The topological polar surface area (TPSA) is 45.9 Å². The molecule has 0 N–H and O–H groups in total. The summed E-state index contributed by atoms with van der Waals surface area (Å²) < 4.78 is 41.7. The molecule has 1 aromatic rings. The molecule has 0 saturated heterocycles. The van der Waals surface area contributed by atoms with Gasteiger partial charge in [0.2, 0.25) is 5.88 Å². The van der Waals surface area contributed by atoms with Crippen LogP contribution in [0.15, 0.2) is 12.3 Å². The zero-order valence-corrected chi connectivity index (χ0v) is 8.09. The summed E-state index contributed by atoms with van der Waals surface area (Å²) in [6.07, 6.45) is -3.85. The van der Waals surface area contributed by atoms with Gasteiger partial charge < -0.3 is 4.74 Å². The minimum Gasteiger partial charge on any atom is -0.480 e. The van der Waals surface area contributed by atoms with E-state index in [1.807, 2.05) is 5.92 Å². The maximum absolute atomic E-state index is 12.3. The van der Waals surface area contributed by atoms with Gasteiger partial charge in [-0.15, -0.1) is 0 Å². The smallest absolute Gasteiger partial charge is 0.417 e. The summed E-state index contributed by atoms with van der Waals surface area (Å²) in [5, 5.41) is 8.21. The highest BCUT2D eigenvalue weighted by Gasteiger charge is 2.31. The summed E-state index contributed by atoms with van der Waals surface area (Å²) in [7, 11) is 1.26. The van der Waals surface area contributed by atoms with Crippen molar-refractivity contribution in [2.45, 2.75) is 6.18 Å². The van der Waals surface area contributed by atoms with Crippen molar-refractivity contribution in [1.29, 1.82) is 5.26 Å². The third-order valence-corrected chi connectivity index (χ3v) is 1.62. The van der Waals surface area contributed by atoms with Crippen LogP contribution in [-0.4, -0.2) is 12.1 Å². The molecule has 0 atom stereocenters. The summed E-state index contributed by atoms with van der Waals surface area (Å²) in [5.74, 6) is 4.17. The van der Waals surface area contributed by atoms with Crippen molar-refractivity contribution < 1.29 is 17.9 Å². The number of methoxy groups -OCH3 is 1. The molecule has 16 heavy (non-hydrogen) atoms. The normalized spacial score (nSPS) is 9.94. The SMILES string of the molecule is COc1ncc(C(F)(F)F)cc1C#CC#N. The Morgan fingerprint density at radius 3 is 2.62 bits per heavy atom. The van der Waals surface area contributed by atoms with Gasteiger partial charge in [0.1, 0.15) is 0 Å². The van der Waals surface area contributed by atoms with Crippen LogP contribution in [0, 0.1) is 23.2 Å². The average molecular weight is 226 g/mol. The van der Waals surface area contributed by atoms with Crippen LogP contribution in [0.2, 0.25) is 0 Å². The monoisotopic (exact) mass is 226 g/mol. The van der Waals surface area contributed by atoms with Gasteiger partial charge in [0.25, 0.3) is 0 Å². The van der Waals surface area contributed by atoms with Crippen molar-refractivity contribution >= 4 is 0 Å². The largest absolute Gasteiger partial charge is 0.480 e. The first kappa shape index (κ1) is 11.9. The van der Waals surface area contributed by atoms with Crippen LogP contribution in [0.5, 0.6) is 5.88 Å². The molecule has 82 valence electrons. The predicted molar refractivity (Wildman–Crippen MR) is 48.3 cm³/mol. The second-order valence-corrected chi connectivity index (χ2v) is 2.64. The first-order valence-electron chi connectivity index (χ1n) is 4.00. The van der Waals surface area contributed by atoms with Gasteiger partial charge in [0, 0.05) is 12.1 Å². The van der Waals surface area contributed by atoms with Crippen molar-refractivity contribution in [3.8, 4) is 23.8 Å². The number of aromatic nitrogens is 1. The second-order valence-electron chi connectivity index (χ2n) is 2.64. The van der Waals surface area contributed by atoms with E-state index in [2.05, 4.69) is 10.9 Å². The van der Waals surface area contributed by atoms with Gasteiger partial charge >= 0.3 is 6.18 Å². The van der Waals surface area contributed by atoms with Crippen LogP contribution < -0.4 is 4.74 Å². The molecule has 0 fully saturated rings. The highest BCUT2D eigenvalue weighted by atomic mass is 19.4. The Balaban J connectivity index is 3.28. The Kier molecular flexibility index (Phi) is 3.37. The molecule has 0 amide bonds. The molecule has 0 saturated carbocycles. The third kappa shape index (κ3) is 2.64. The maximum atomic E-state index is 12.3. The standard InChI is InChI=1S/C10H5F3N2O/c1-16-9-7(3-2-4-14)5-8(6-15-9)10(11,12)13/h5-6H,1H3. The zero-order valence-electron chi connectivity index (χ0n) is 8.09. The van der Waals surface area contributed by atoms with Crippen LogP contribution in [0.1, 0.15) is 11.1 Å². The van der Waals surface area contributed by atoms with Crippen LogP contribution in [0.3, 0.4) is 0 Å². The van der Waals surface area contributed by atoms with Gasteiger partial charge in [-0.05, 0) is 12.0 Å². The molecule has 0 radical (unpaired) electrons. The summed E-state index contributed by atoms with van der Waals surface area (Å²) in [4.78, 5) is 3.46. The molecule has 0 aliphatic heterocycles. The number of pyridine rings is 1. The van der Waals surface area contributed by atoms with Crippen LogP contribution in [0.25, 0.3) is 0 Å². The fraction of sp³-hybridized carbons (Fsp3) is 0.200. The average Bonchev–Trinajstić information content (AvgIpc) is 2.24. The molecule has 0 spiro atoms. The number of hydrogen-bond acceptors (Lipinski definition) is 3. The third-order valence-electron chi connectivity index (χ3n) is 1.62. The number of hydrogen-bond donors (Lipinski definition) is 0. The fourth-order valence-corrected chi connectivity index (χ4v) is 0.955. The van der Waals surface area contributed by atoms with Crippen LogP contribution >= 0.6 is 0 Å². The number of nitrogens with zero attached hydrogens (tertiary/aromatic N) is 2. The van der Waals surface area contributed by atoms with E-state index in [0.29, 0.717) is 6.20 Å². The van der Waals surface area contributed by atoms with Crippen LogP contribution in [0.4, 0.5) is 13.2 Å². The van der Waals surface area contributed by atoms with E-state index in [-0.39, 0.29) is 11.4 Å². The Hall–Kier alpha value is -2.21. The van der Waals surface area contributed by atoms with Crippen molar-refractivity contribution in [1.82, 2.24) is 4.98 Å². The minimum atomic E-state index is -4.50. The van der Waals surface area contributed by atoms with Crippen molar-refractivity contribution in [2.75, 3.05) is 7.11 Å². The molecule has 1 aromatic heterocycles. The van der Waals surface area contributed by atoms with Crippen molar-refractivity contribution in [3.05, 3.63) is 23.4 Å². The first-order valence-corrected chi connectivity index (χ1v) is 4.00. The van der Waals surface area contributed by atoms with Gasteiger partial charge in [-0.25, -0.2) is 4.98 Å². The Morgan fingerprint density at radius 2 is 2.12 bits per heavy atom. The van der Waals surface area contributed by atoms with Crippen molar-refractivity contribution in [2.24, 2.45) is 0 Å². The Morgan fingerprint density at radius 1 is 1.44 bits per heavy atom. The van der Waals surface area contributed by atoms with E-state index >= 15 is 0 Å². The van der Waals surface area contributed by atoms with Gasteiger partial charge in [-0.2, -0.15) is 18.4 Å². The van der Waals surface area contributed by atoms with E-state index in [1.165, 1.54) is 13.2 Å². The fourth-order valence-electron chi connectivity index (χ4n) is 0.955.